The van der Waals surface area contributed by atoms with Crippen LogP contribution >= 0.6 is 0 Å². The van der Waals surface area contributed by atoms with Crippen molar-refractivity contribution in [2.75, 3.05) is 0 Å². The Morgan fingerprint density at radius 2 is 1.84 bits per heavy atom. The molecule has 4 aliphatic rings. The molecule has 1 unspecified atom stereocenters. The summed E-state index contributed by atoms with van der Waals surface area (Å²) in [6, 6.07) is 0. The minimum absolute atomic E-state index is 0.197. The van der Waals surface area contributed by atoms with E-state index in [0.717, 1.165) is 31.1 Å². The highest BCUT2D eigenvalue weighted by Crippen LogP contribution is 2.67. The predicted molar refractivity (Wildman–Crippen MR) is 130 cm³/mol. The van der Waals surface area contributed by atoms with Crippen molar-refractivity contribution in [3.8, 4) is 0 Å². The highest BCUT2D eigenvalue weighted by atomic mass is 16.3. The van der Waals surface area contributed by atoms with Gasteiger partial charge in [0.15, 0.2) is 0 Å². The molecule has 0 amide bonds. The van der Waals surface area contributed by atoms with Crippen LogP contribution in [0.5, 0.6) is 0 Å². The maximum Gasteiger partial charge on any atom is 0.0757 e. The summed E-state index contributed by atoms with van der Waals surface area (Å²) in [5.74, 6) is 3.80. The molecular weight excluding hydrogens is 380 g/mol. The van der Waals surface area contributed by atoms with Crippen LogP contribution in [0.3, 0.4) is 0 Å². The number of hydrogen-bond donors (Lipinski definition) is 2. The van der Waals surface area contributed by atoms with Gasteiger partial charge in [-0.2, -0.15) is 0 Å². The van der Waals surface area contributed by atoms with E-state index in [4.69, 9.17) is 0 Å². The van der Waals surface area contributed by atoms with Gasteiger partial charge >= 0.3 is 0 Å². The lowest BCUT2D eigenvalue weighted by Gasteiger charge is -2.59. The Morgan fingerprint density at radius 1 is 1.10 bits per heavy atom. The van der Waals surface area contributed by atoms with Crippen LogP contribution in [0.2, 0.25) is 0 Å². The van der Waals surface area contributed by atoms with Crippen LogP contribution in [-0.4, -0.2) is 22.4 Å². The van der Waals surface area contributed by atoms with Gasteiger partial charge in [0.25, 0.3) is 0 Å². The average Bonchev–Trinajstić information content (AvgIpc) is 3.09. The van der Waals surface area contributed by atoms with E-state index in [-0.39, 0.29) is 17.6 Å². The minimum atomic E-state index is -0.317. The second-order valence-corrected chi connectivity index (χ2v) is 12.5. The van der Waals surface area contributed by atoms with Crippen molar-refractivity contribution in [1.29, 1.82) is 0 Å². The van der Waals surface area contributed by atoms with Crippen molar-refractivity contribution in [2.24, 2.45) is 46.3 Å². The van der Waals surface area contributed by atoms with Gasteiger partial charge < -0.3 is 10.2 Å². The number of aliphatic hydroxyl groups is 2. The summed E-state index contributed by atoms with van der Waals surface area (Å²) < 4.78 is 0. The number of rotatable bonds is 6. The third kappa shape index (κ3) is 3.88. The maximum absolute atomic E-state index is 11.3. The molecule has 0 saturated heterocycles. The van der Waals surface area contributed by atoms with Crippen LogP contribution in [-0.2, 0) is 0 Å². The standard InChI is InChI=1S/C29H48O2/c1-7-18(2)19(3)8-9-20(4)23-10-11-24-27-25(13-15-29(23,24)6)28(5)14-12-22(30)16-21(28)17-26(27)31/h17-18,20,22-27,30-31H,3,7-16H2,1-2,4-6H3/t18?,20-,22+,23-,24+,25+,26+,27+,28+,29-/m1/s1. The Kier molecular flexibility index (Phi) is 6.56. The van der Waals surface area contributed by atoms with Gasteiger partial charge in [0.2, 0.25) is 0 Å². The van der Waals surface area contributed by atoms with Crippen molar-refractivity contribution in [1.82, 2.24) is 0 Å². The lowest BCUT2D eigenvalue weighted by atomic mass is 9.46. The fourth-order valence-electron chi connectivity index (χ4n) is 8.75. The monoisotopic (exact) mass is 428 g/mol. The fourth-order valence-corrected chi connectivity index (χ4v) is 8.75. The third-order valence-corrected chi connectivity index (χ3v) is 11.1. The molecule has 3 fully saturated rings. The molecule has 2 nitrogen and oxygen atoms in total. The molecule has 4 aliphatic carbocycles. The summed E-state index contributed by atoms with van der Waals surface area (Å²) in [6.45, 7) is 16.5. The fraction of sp³-hybridized carbons (Fsp3) is 0.862. The third-order valence-electron chi connectivity index (χ3n) is 11.1. The van der Waals surface area contributed by atoms with E-state index in [1.54, 1.807) is 0 Å². The molecule has 0 aromatic carbocycles. The van der Waals surface area contributed by atoms with E-state index in [0.29, 0.717) is 29.1 Å². The lowest BCUT2D eigenvalue weighted by Crippen LogP contribution is -2.54. The predicted octanol–water partition coefficient (Wildman–Crippen LogP) is 6.92. The van der Waals surface area contributed by atoms with Crippen molar-refractivity contribution < 1.29 is 10.2 Å². The smallest absolute Gasteiger partial charge is 0.0757 e. The molecule has 0 heterocycles. The molecule has 0 bridgehead atoms. The quantitative estimate of drug-likeness (QED) is 0.451. The maximum atomic E-state index is 11.3. The number of aliphatic hydroxyl groups excluding tert-OH is 2. The van der Waals surface area contributed by atoms with Gasteiger partial charge in [0, 0.05) is 0 Å². The molecule has 31 heavy (non-hydrogen) atoms. The van der Waals surface area contributed by atoms with E-state index in [1.807, 2.05) is 0 Å². The summed E-state index contributed by atoms with van der Waals surface area (Å²) in [5, 5.41) is 21.6. The zero-order valence-corrected chi connectivity index (χ0v) is 20.9. The molecule has 4 rings (SSSR count). The Morgan fingerprint density at radius 3 is 2.55 bits per heavy atom. The van der Waals surface area contributed by atoms with Gasteiger partial charge in [-0.15, -0.1) is 0 Å². The largest absolute Gasteiger partial charge is 0.393 e. The van der Waals surface area contributed by atoms with Crippen LogP contribution in [0.1, 0.15) is 98.8 Å². The number of allylic oxidation sites excluding steroid dienone is 1. The van der Waals surface area contributed by atoms with E-state index in [1.165, 1.54) is 56.1 Å². The average molecular weight is 429 g/mol. The Hall–Kier alpha value is -0.600. The van der Waals surface area contributed by atoms with E-state index in [9.17, 15) is 10.2 Å². The van der Waals surface area contributed by atoms with E-state index < -0.39 is 0 Å². The normalized spacial score (nSPS) is 46.4. The summed E-state index contributed by atoms with van der Waals surface area (Å²) in [6.07, 6.45) is 13.3. The number of fused-ring (bicyclic) bond motifs is 5. The SMILES string of the molecule is C=C(CC[C@@H](C)[C@H]1CC[C@H]2[C@@H]3[C@@H](O)C=C4C[C@@H](O)CC[C@]4(C)[C@H]3CC[C@]12C)C(C)CC. The molecular formula is C29H48O2. The summed E-state index contributed by atoms with van der Waals surface area (Å²) in [7, 11) is 0. The molecule has 10 atom stereocenters. The zero-order valence-electron chi connectivity index (χ0n) is 20.9. The van der Waals surface area contributed by atoms with Gasteiger partial charge in [-0.1, -0.05) is 58.4 Å². The highest BCUT2D eigenvalue weighted by molar-refractivity contribution is 5.28. The Bertz CT molecular complexity index is 710. The van der Waals surface area contributed by atoms with Gasteiger partial charge in [0.1, 0.15) is 0 Å². The topological polar surface area (TPSA) is 40.5 Å². The molecule has 0 radical (unpaired) electrons. The van der Waals surface area contributed by atoms with Crippen LogP contribution < -0.4 is 0 Å². The summed E-state index contributed by atoms with van der Waals surface area (Å²) in [4.78, 5) is 0. The van der Waals surface area contributed by atoms with Gasteiger partial charge in [0.05, 0.1) is 12.2 Å². The van der Waals surface area contributed by atoms with Crippen molar-refractivity contribution in [2.45, 2.75) is 111 Å². The Balaban J connectivity index is 1.51. The lowest BCUT2D eigenvalue weighted by molar-refractivity contribution is -0.0970. The van der Waals surface area contributed by atoms with Crippen LogP contribution in [0.25, 0.3) is 0 Å². The summed E-state index contributed by atoms with van der Waals surface area (Å²) >= 11 is 0. The van der Waals surface area contributed by atoms with Gasteiger partial charge in [-0.25, -0.2) is 0 Å². The van der Waals surface area contributed by atoms with E-state index in [2.05, 4.69) is 47.3 Å². The first-order valence-corrected chi connectivity index (χ1v) is 13.4. The first kappa shape index (κ1) is 23.6. The molecule has 2 heteroatoms. The van der Waals surface area contributed by atoms with E-state index >= 15 is 0 Å². The van der Waals surface area contributed by atoms with Gasteiger partial charge in [-0.3, -0.25) is 0 Å². The van der Waals surface area contributed by atoms with Crippen LogP contribution in [0, 0.1) is 46.3 Å². The molecule has 3 saturated carbocycles. The zero-order chi connectivity index (χ0) is 22.6. The Labute approximate surface area is 191 Å². The van der Waals surface area contributed by atoms with Crippen LogP contribution in [0.15, 0.2) is 23.8 Å². The second-order valence-electron chi connectivity index (χ2n) is 12.5. The number of hydrogen-bond acceptors (Lipinski definition) is 2. The van der Waals surface area contributed by atoms with Gasteiger partial charge in [-0.05, 0) is 111 Å². The molecule has 0 aliphatic heterocycles. The molecule has 0 aromatic rings. The molecule has 0 aromatic heterocycles. The first-order valence-electron chi connectivity index (χ1n) is 13.4. The minimum Gasteiger partial charge on any atom is -0.393 e. The summed E-state index contributed by atoms with van der Waals surface area (Å²) in [5.41, 5.74) is 3.36. The second kappa shape index (κ2) is 8.64. The molecule has 0 spiro atoms. The highest BCUT2D eigenvalue weighted by Gasteiger charge is 2.61. The first-order chi connectivity index (χ1) is 14.6. The molecule has 2 N–H and O–H groups in total. The van der Waals surface area contributed by atoms with Crippen molar-refractivity contribution in [3.05, 3.63) is 23.8 Å². The van der Waals surface area contributed by atoms with Crippen molar-refractivity contribution in [3.63, 3.8) is 0 Å². The molecule has 176 valence electrons. The van der Waals surface area contributed by atoms with Crippen LogP contribution in [0.4, 0.5) is 0 Å². The van der Waals surface area contributed by atoms with Crippen molar-refractivity contribution >= 4 is 0 Å².